The van der Waals surface area contributed by atoms with E-state index in [-0.39, 0.29) is 0 Å². The number of methoxy groups -OCH3 is 1. The monoisotopic (exact) mass is 239 g/mol. The summed E-state index contributed by atoms with van der Waals surface area (Å²) in [5.41, 5.74) is 2.52. The predicted octanol–water partition coefficient (Wildman–Crippen LogP) is 2.84. The average Bonchev–Trinajstić information content (AvgIpc) is 2.29. The molecule has 0 bridgehead atoms. The summed E-state index contributed by atoms with van der Waals surface area (Å²) < 4.78 is 5.41. The van der Waals surface area contributed by atoms with Gasteiger partial charge in [0, 0.05) is 24.4 Å². The number of hydrogen-bond donors (Lipinski definition) is 2. The van der Waals surface area contributed by atoms with Gasteiger partial charge in [0.15, 0.2) is 0 Å². The quantitative estimate of drug-likeness (QED) is 0.588. The van der Waals surface area contributed by atoms with E-state index in [9.17, 15) is 0 Å². The lowest BCUT2D eigenvalue weighted by Crippen LogP contribution is -2.16. The second kappa shape index (κ2) is 6.81. The highest BCUT2D eigenvalue weighted by molar-refractivity contribution is 7.80. The van der Waals surface area contributed by atoms with Crippen LogP contribution in [0, 0.1) is 0 Å². The molecule has 0 spiro atoms. The van der Waals surface area contributed by atoms with Crippen molar-refractivity contribution in [2.24, 2.45) is 0 Å². The summed E-state index contributed by atoms with van der Waals surface area (Å²) in [7, 11) is 1.72. The highest BCUT2D eigenvalue weighted by atomic mass is 32.1. The zero-order chi connectivity index (χ0) is 12.0. The number of hydrogen-bond acceptors (Lipinski definition) is 3. The fourth-order valence-electron chi connectivity index (χ4n) is 1.57. The molecule has 0 aliphatic rings. The third kappa shape index (κ3) is 3.72. The summed E-state index contributed by atoms with van der Waals surface area (Å²) in [6.45, 7) is 6.13. The Morgan fingerprint density at radius 3 is 2.69 bits per heavy atom. The fourth-order valence-corrected chi connectivity index (χ4v) is 1.73. The van der Waals surface area contributed by atoms with Crippen molar-refractivity contribution in [1.29, 1.82) is 0 Å². The molecule has 1 rings (SSSR count). The van der Waals surface area contributed by atoms with Crippen LogP contribution in [0.15, 0.2) is 18.2 Å². The average molecular weight is 239 g/mol. The molecule has 3 heteroatoms. The van der Waals surface area contributed by atoms with Crippen LogP contribution >= 0.6 is 12.6 Å². The predicted molar refractivity (Wildman–Crippen MR) is 72.6 cm³/mol. The third-order valence-corrected chi connectivity index (χ3v) is 2.81. The molecule has 0 aliphatic carbocycles. The van der Waals surface area contributed by atoms with E-state index in [1.807, 2.05) is 0 Å². The Balaban J connectivity index is 2.76. The maximum atomic E-state index is 5.41. The Labute approximate surface area is 104 Å². The van der Waals surface area contributed by atoms with Crippen molar-refractivity contribution in [3.8, 4) is 5.75 Å². The van der Waals surface area contributed by atoms with Crippen LogP contribution in [0.25, 0.3) is 0 Å². The number of ether oxygens (including phenoxy) is 1. The molecule has 0 fully saturated rings. The molecule has 90 valence electrons. The van der Waals surface area contributed by atoms with E-state index >= 15 is 0 Å². The molecule has 1 aromatic rings. The summed E-state index contributed by atoms with van der Waals surface area (Å²) in [5.74, 6) is 2.36. The van der Waals surface area contributed by atoms with E-state index in [0.717, 1.165) is 24.6 Å². The van der Waals surface area contributed by atoms with Gasteiger partial charge in [-0.15, -0.1) is 0 Å². The van der Waals surface area contributed by atoms with Gasteiger partial charge in [-0.3, -0.25) is 0 Å². The first kappa shape index (κ1) is 13.4. The Morgan fingerprint density at radius 1 is 1.38 bits per heavy atom. The van der Waals surface area contributed by atoms with Crippen molar-refractivity contribution in [3.63, 3.8) is 0 Å². The number of benzene rings is 1. The van der Waals surface area contributed by atoms with E-state index in [1.54, 1.807) is 7.11 Å². The van der Waals surface area contributed by atoms with Gasteiger partial charge in [0.05, 0.1) is 7.11 Å². The Kier molecular flexibility index (Phi) is 5.71. The topological polar surface area (TPSA) is 21.3 Å². The molecule has 0 radical (unpaired) electrons. The molecule has 0 saturated carbocycles. The van der Waals surface area contributed by atoms with E-state index in [0.29, 0.717) is 5.92 Å². The zero-order valence-corrected chi connectivity index (χ0v) is 11.2. The van der Waals surface area contributed by atoms with Crippen LogP contribution in [-0.2, 0) is 6.54 Å². The van der Waals surface area contributed by atoms with Crippen LogP contribution < -0.4 is 10.1 Å². The van der Waals surface area contributed by atoms with Gasteiger partial charge in [-0.1, -0.05) is 26.0 Å². The van der Waals surface area contributed by atoms with Crippen LogP contribution in [0.5, 0.6) is 5.75 Å². The van der Waals surface area contributed by atoms with Crippen molar-refractivity contribution < 1.29 is 4.74 Å². The van der Waals surface area contributed by atoms with Gasteiger partial charge in [0.1, 0.15) is 5.75 Å². The van der Waals surface area contributed by atoms with Crippen LogP contribution in [0.1, 0.15) is 30.9 Å². The summed E-state index contributed by atoms with van der Waals surface area (Å²) in [4.78, 5) is 0. The number of rotatable bonds is 6. The SMILES string of the molecule is COc1cc(C(C)C)ccc1CNCCS. The van der Waals surface area contributed by atoms with Crippen molar-refractivity contribution in [3.05, 3.63) is 29.3 Å². The molecule has 0 amide bonds. The molecule has 1 N–H and O–H groups in total. The summed E-state index contributed by atoms with van der Waals surface area (Å²) >= 11 is 4.17. The molecule has 0 saturated heterocycles. The smallest absolute Gasteiger partial charge is 0.123 e. The highest BCUT2D eigenvalue weighted by Gasteiger charge is 2.06. The Bertz CT molecular complexity index is 326. The first-order valence-corrected chi connectivity index (χ1v) is 6.30. The van der Waals surface area contributed by atoms with E-state index < -0.39 is 0 Å². The molecule has 0 aliphatic heterocycles. The van der Waals surface area contributed by atoms with Crippen LogP contribution in [-0.4, -0.2) is 19.4 Å². The normalized spacial score (nSPS) is 10.8. The van der Waals surface area contributed by atoms with Crippen molar-refractivity contribution in [1.82, 2.24) is 5.32 Å². The lowest BCUT2D eigenvalue weighted by molar-refractivity contribution is 0.407. The third-order valence-electron chi connectivity index (χ3n) is 2.58. The number of nitrogens with one attached hydrogen (secondary N) is 1. The second-order valence-electron chi connectivity index (χ2n) is 4.13. The summed E-state index contributed by atoms with van der Waals surface area (Å²) in [5, 5.41) is 3.32. The van der Waals surface area contributed by atoms with Crippen LogP contribution in [0.2, 0.25) is 0 Å². The van der Waals surface area contributed by atoms with Crippen LogP contribution in [0.3, 0.4) is 0 Å². The highest BCUT2D eigenvalue weighted by Crippen LogP contribution is 2.24. The van der Waals surface area contributed by atoms with Crippen molar-refractivity contribution >= 4 is 12.6 Å². The van der Waals surface area contributed by atoms with Crippen LogP contribution in [0.4, 0.5) is 0 Å². The van der Waals surface area contributed by atoms with Gasteiger partial charge in [-0.2, -0.15) is 12.6 Å². The molecule has 0 heterocycles. The van der Waals surface area contributed by atoms with Crippen molar-refractivity contribution in [2.45, 2.75) is 26.3 Å². The fraction of sp³-hybridized carbons (Fsp3) is 0.538. The number of thiol groups is 1. The molecule has 16 heavy (non-hydrogen) atoms. The minimum Gasteiger partial charge on any atom is -0.496 e. The Morgan fingerprint density at radius 2 is 2.12 bits per heavy atom. The van der Waals surface area contributed by atoms with Gasteiger partial charge in [0.2, 0.25) is 0 Å². The standard InChI is InChI=1S/C13H21NOS/c1-10(2)11-4-5-12(9-14-6-7-16)13(8-11)15-3/h4-5,8,10,14,16H,6-7,9H2,1-3H3. The molecular formula is C13H21NOS. The maximum absolute atomic E-state index is 5.41. The molecule has 1 aromatic carbocycles. The zero-order valence-electron chi connectivity index (χ0n) is 10.3. The lowest BCUT2D eigenvalue weighted by Gasteiger charge is -2.13. The van der Waals surface area contributed by atoms with E-state index in [2.05, 4.69) is 50.0 Å². The second-order valence-corrected chi connectivity index (χ2v) is 4.57. The van der Waals surface area contributed by atoms with Gasteiger partial charge >= 0.3 is 0 Å². The molecule has 2 nitrogen and oxygen atoms in total. The first-order chi connectivity index (χ1) is 7.69. The minimum atomic E-state index is 0.536. The van der Waals surface area contributed by atoms with Gasteiger partial charge in [0.25, 0.3) is 0 Å². The molecular weight excluding hydrogens is 218 g/mol. The molecule has 0 atom stereocenters. The summed E-state index contributed by atoms with van der Waals surface area (Å²) in [6, 6.07) is 6.44. The largest absolute Gasteiger partial charge is 0.496 e. The molecule has 0 unspecified atom stereocenters. The van der Waals surface area contributed by atoms with Gasteiger partial charge < -0.3 is 10.1 Å². The van der Waals surface area contributed by atoms with E-state index in [1.165, 1.54) is 11.1 Å². The van der Waals surface area contributed by atoms with Gasteiger partial charge in [-0.05, 0) is 17.5 Å². The summed E-state index contributed by atoms with van der Waals surface area (Å²) in [6.07, 6.45) is 0. The first-order valence-electron chi connectivity index (χ1n) is 5.67. The van der Waals surface area contributed by atoms with E-state index in [4.69, 9.17) is 4.74 Å². The maximum Gasteiger partial charge on any atom is 0.123 e. The minimum absolute atomic E-state index is 0.536. The Hall–Kier alpha value is -0.670. The lowest BCUT2D eigenvalue weighted by atomic mass is 10.0. The van der Waals surface area contributed by atoms with Crippen molar-refractivity contribution in [2.75, 3.05) is 19.4 Å². The van der Waals surface area contributed by atoms with Gasteiger partial charge in [-0.25, -0.2) is 0 Å². The molecule has 0 aromatic heterocycles.